The molecule has 0 saturated heterocycles. The number of esters is 1. The third-order valence-electron chi connectivity index (χ3n) is 3.44. The maximum atomic E-state index is 12.1. The standard InChI is InChI=1S/C17H14ClNO6/c1-10-7-12(3-5-14(10)19(22)23)17(21)25-9-15(20)11-4-6-16(24-2)13(18)8-11/h3-8H,9H2,1-2H3. The quantitative estimate of drug-likeness (QED) is 0.336. The van der Waals surface area contributed by atoms with Crippen LogP contribution in [0.1, 0.15) is 26.3 Å². The number of rotatable bonds is 6. The number of nitro groups is 1. The van der Waals surface area contributed by atoms with E-state index in [1.165, 1.54) is 50.4 Å². The lowest BCUT2D eigenvalue weighted by atomic mass is 10.1. The molecule has 0 unspecified atom stereocenters. The zero-order chi connectivity index (χ0) is 18.6. The summed E-state index contributed by atoms with van der Waals surface area (Å²) in [5.41, 5.74) is 0.635. The zero-order valence-electron chi connectivity index (χ0n) is 13.4. The first-order chi connectivity index (χ1) is 11.8. The third-order valence-corrected chi connectivity index (χ3v) is 3.73. The first kappa shape index (κ1) is 18.4. The lowest BCUT2D eigenvalue weighted by Crippen LogP contribution is -2.14. The van der Waals surface area contributed by atoms with Crippen LogP contribution in [-0.4, -0.2) is 30.4 Å². The first-order valence-electron chi connectivity index (χ1n) is 7.12. The van der Waals surface area contributed by atoms with E-state index in [-0.39, 0.29) is 21.8 Å². The summed E-state index contributed by atoms with van der Waals surface area (Å²) in [6, 6.07) is 8.31. The molecule has 0 radical (unpaired) electrons. The fourth-order valence-electron chi connectivity index (χ4n) is 2.12. The zero-order valence-corrected chi connectivity index (χ0v) is 14.2. The van der Waals surface area contributed by atoms with Crippen molar-refractivity contribution < 1.29 is 24.0 Å². The molecular weight excluding hydrogens is 350 g/mol. The van der Waals surface area contributed by atoms with Crippen LogP contribution in [0.15, 0.2) is 36.4 Å². The molecule has 0 aliphatic heterocycles. The number of benzene rings is 2. The van der Waals surface area contributed by atoms with Gasteiger partial charge in [-0.25, -0.2) is 4.79 Å². The molecule has 0 aliphatic rings. The van der Waals surface area contributed by atoms with Crippen LogP contribution in [0.2, 0.25) is 5.02 Å². The van der Waals surface area contributed by atoms with E-state index in [1.54, 1.807) is 0 Å². The van der Waals surface area contributed by atoms with Crippen LogP contribution in [0.5, 0.6) is 5.75 Å². The topological polar surface area (TPSA) is 95.7 Å². The number of nitro benzene ring substituents is 1. The molecule has 2 aromatic rings. The second kappa shape index (κ2) is 7.76. The Morgan fingerprint density at radius 2 is 1.84 bits per heavy atom. The van der Waals surface area contributed by atoms with Crippen molar-refractivity contribution in [1.82, 2.24) is 0 Å². The highest BCUT2D eigenvalue weighted by Gasteiger charge is 2.16. The van der Waals surface area contributed by atoms with Crippen LogP contribution in [-0.2, 0) is 4.74 Å². The largest absolute Gasteiger partial charge is 0.495 e. The molecule has 0 atom stereocenters. The number of aryl methyl sites for hydroxylation is 1. The summed E-state index contributed by atoms with van der Waals surface area (Å²) in [6.07, 6.45) is 0. The highest BCUT2D eigenvalue weighted by Crippen LogP contribution is 2.25. The fraction of sp³-hybridized carbons (Fsp3) is 0.176. The second-order valence-corrected chi connectivity index (χ2v) is 5.51. The van der Waals surface area contributed by atoms with Crippen molar-refractivity contribution in [2.75, 3.05) is 13.7 Å². The maximum absolute atomic E-state index is 12.1. The number of hydrogen-bond acceptors (Lipinski definition) is 6. The van der Waals surface area contributed by atoms with Crippen molar-refractivity contribution in [2.45, 2.75) is 6.92 Å². The summed E-state index contributed by atoms with van der Waals surface area (Å²) < 4.78 is 9.96. The fourth-order valence-corrected chi connectivity index (χ4v) is 2.38. The highest BCUT2D eigenvalue weighted by molar-refractivity contribution is 6.32. The lowest BCUT2D eigenvalue weighted by molar-refractivity contribution is -0.385. The SMILES string of the molecule is COc1ccc(C(=O)COC(=O)c2ccc([N+](=O)[O-])c(C)c2)cc1Cl. The van der Waals surface area contributed by atoms with E-state index in [1.807, 2.05) is 0 Å². The molecule has 0 heterocycles. The maximum Gasteiger partial charge on any atom is 0.338 e. The molecule has 0 aliphatic carbocycles. The van der Waals surface area contributed by atoms with Gasteiger partial charge in [0.05, 0.1) is 22.6 Å². The van der Waals surface area contributed by atoms with Crippen molar-refractivity contribution in [3.8, 4) is 5.75 Å². The molecule has 25 heavy (non-hydrogen) atoms. The van der Waals surface area contributed by atoms with E-state index in [0.717, 1.165) is 0 Å². The molecular formula is C17H14ClNO6. The van der Waals surface area contributed by atoms with Crippen molar-refractivity contribution in [2.24, 2.45) is 0 Å². The van der Waals surface area contributed by atoms with Gasteiger partial charge in [-0.1, -0.05) is 11.6 Å². The van der Waals surface area contributed by atoms with Crippen LogP contribution < -0.4 is 4.74 Å². The van der Waals surface area contributed by atoms with Crippen molar-refractivity contribution in [3.63, 3.8) is 0 Å². The number of Topliss-reactive ketones (excluding diaryl/α,β-unsaturated/α-hetero) is 1. The van der Waals surface area contributed by atoms with Gasteiger partial charge in [-0.05, 0) is 37.3 Å². The van der Waals surface area contributed by atoms with Gasteiger partial charge in [0.15, 0.2) is 12.4 Å². The summed E-state index contributed by atoms with van der Waals surface area (Å²) >= 11 is 5.95. The summed E-state index contributed by atoms with van der Waals surface area (Å²) in [5, 5.41) is 11.0. The van der Waals surface area contributed by atoms with E-state index in [9.17, 15) is 19.7 Å². The molecule has 0 spiro atoms. The Morgan fingerprint density at radius 3 is 2.40 bits per heavy atom. The van der Waals surface area contributed by atoms with Gasteiger partial charge < -0.3 is 9.47 Å². The summed E-state index contributed by atoms with van der Waals surface area (Å²) in [7, 11) is 1.46. The van der Waals surface area contributed by atoms with Crippen molar-refractivity contribution in [1.29, 1.82) is 0 Å². The Hall–Kier alpha value is -2.93. The number of halogens is 1. The Kier molecular flexibility index (Phi) is 5.71. The van der Waals surface area contributed by atoms with E-state index < -0.39 is 23.3 Å². The molecule has 0 fully saturated rings. The van der Waals surface area contributed by atoms with E-state index in [2.05, 4.69) is 0 Å². The first-order valence-corrected chi connectivity index (χ1v) is 7.50. The van der Waals surface area contributed by atoms with E-state index >= 15 is 0 Å². The second-order valence-electron chi connectivity index (χ2n) is 5.11. The minimum absolute atomic E-state index is 0.0968. The highest BCUT2D eigenvalue weighted by atomic mass is 35.5. The summed E-state index contributed by atoms with van der Waals surface area (Å²) in [5.74, 6) is -0.751. The molecule has 2 rings (SSSR count). The number of ether oxygens (including phenoxy) is 2. The predicted octanol–water partition coefficient (Wildman–Crippen LogP) is 3.60. The number of nitrogens with zero attached hydrogens (tertiary/aromatic N) is 1. The van der Waals surface area contributed by atoms with E-state index in [4.69, 9.17) is 21.1 Å². The van der Waals surface area contributed by atoms with Crippen molar-refractivity contribution >= 4 is 29.0 Å². The predicted molar refractivity (Wildman–Crippen MR) is 90.5 cm³/mol. The Bertz CT molecular complexity index is 849. The minimum Gasteiger partial charge on any atom is -0.495 e. The third kappa shape index (κ3) is 4.33. The number of carbonyl (C=O) groups is 2. The van der Waals surface area contributed by atoms with Gasteiger partial charge >= 0.3 is 5.97 Å². The molecule has 2 aromatic carbocycles. The van der Waals surface area contributed by atoms with Gasteiger partial charge in [0, 0.05) is 17.2 Å². The Labute approximate surface area is 148 Å². The molecule has 0 aromatic heterocycles. The van der Waals surface area contributed by atoms with Gasteiger partial charge in [0.1, 0.15) is 5.75 Å². The van der Waals surface area contributed by atoms with Crippen LogP contribution in [0, 0.1) is 17.0 Å². The Balaban J connectivity index is 2.04. The van der Waals surface area contributed by atoms with E-state index in [0.29, 0.717) is 11.3 Å². The average Bonchev–Trinajstić information content (AvgIpc) is 2.58. The van der Waals surface area contributed by atoms with Crippen LogP contribution >= 0.6 is 11.6 Å². The van der Waals surface area contributed by atoms with Crippen LogP contribution in [0.4, 0.5) is 5.69 Å². The van der Waals surface area contributed by atoms with Gasteiger partial charge in [0.2, 0.25) is 0 Å². The normalized spacial score (nSPS) is 10.2. The molecule has 7 nitrogen and oxygen atoms in total. The smallest absolute Gasteiger partial charge is 0.338 e. The summed E-state index contributed by atoms with van der Waals surface area (Å²) in [4.78, 5) is 34.3. The van der Waals surface area contributed by atoms with Gasteiger partial charge in [-0.2, -0.15) is 0 Å². The molecule has 0 amide bonds. The number of carbonyl (C=O) groups excluding carboxylic acids is 2. The van der Waals surface area contributed by atoms with Crippen LogP contribution in [0.3, 0.4) is 0 Å². The molecule has 130 valence electrons. The lowest BCUT2D eigenvalue weighted by Gasteiger charge is -2.07. The van der Waals surface area contributed by atoms with Gasteiger partial charge in [0.25, 0.3) is 5.69 Å². The monoisotopic (exact) mass is 363 g/mol. The molecule has 0 N–H and O–H groups in total. The number of hydrogen-bond donors (Lipinski definition) is 0. The molecule has 0 saturated carbocycles. The summed E-state index contributed by atoms with van der Waals surface area (Å²) in [6.45, 7) is 1.04. The Morgan fingerprint density at radius 1 is 1.16 bits per heavy atom. The van der Waals surface area contributed by atoms with Crippen molar-refractivity contribution in [3.05, 3.63) is 68.2 Å². The van der Waals surface area contributed by atoms with Gasteiger partial charge in [-0.3, -0.25) is 14.9 Å². The van der Waals surface area contributed by atoms with Gasteiger partial charge in [-0.15, -0.1) is 0 Å². The number of methoxy groups -OCH3 is 1. The minimum atomic E-state index is -0.744. The number of ketones is 1. The molecule has 0 bridgehead atoms. The average molecular weight is 364 g/mol. The van der Waals surface area contributed by atoms with Crippen LogP contribution in [0.25, 0.3) is 0 Å². The molecule has 8 heteroatoms.